The van der Waals surface area contributed by atoms with Crippen LogP contribution in [0.2, 0.25) is 0 Å². The zero-order valence-electron chi connectivity index (χ0n) is 5.13. The van der Waals surface area contributed by atoms with Crippen LogP contribution < -0.4 is 0 Å². The molecule has 1 saturated heterocycles. The van der Waals surface area contributed by atoms with Crippen LogP contribution in [0.4, 0.5) is 0 Å². The molecule has 4 heteroatoms. The van der Waals surface area contributed by atoms with E-state index in [1.807, 2.05) is 29.5 Å². The van der Waals surface area contributed by atoms with Gasteiger partial charge in [0.05, 0.1) is 13.2 Å². The van der Waals surface area contributed by atoms with Gasteiger partial charge in [0.2, 0.25) is 3.79 Å². The molecular weight excluding hydrogens is 235 g/mol. The van der Waals surface area contributed by atoms with Crippen LogP contribution >= 0.6 is 22.6 Å². The van der Waals surface area contributed by atoms with Crippen molar-refractivity contribution in [1.29, 1.82) is 0 Å². The fraction of sp³-hybridized carbons (Fsp3) is 1.00. The van der Waals surface area contributed by atoms with Crippen molar-refractivity contribution in [3.8, 4) is 0 Å². The second-order valence-electron chi connectivity index (χ2n) is 2.11. The van der Waals surface area contributed by atoms with Crippen molar-refractivity contribution in [1.82, 2.24) is 0 Å². The topological polar surface area (TPSA) is 38.7 Å². The lowest BCUT2D eigenvalue weighted by atomic mass is 10.4. The molecule has 0 aromatic rings. The van der Waals surface area contributed by atoms with Gasteiger partial charge in [-0.15, -0.1) is 0 Å². The Balaban J connectivity index is 2.35. The summed E-state index contributed by atoms with van der Waals surface area (Å²) in [5.74, 6) is 0. The molecule has 1 aliphatic heterocycles. The lowest BCUT2D eigenvalue weighted by Crippen LogP contribution is -2.39. The largest absolute Gasteiger partial charge is 0.388 e. The van der Waals surface area contributed by atoms with Crippen molar-refractivity contribution in [2.24, 2.45) is 0 Å². The molecule has 1 rings (SSSR count). The molecule has 3 nitrogen and oxygen atoms in total. The average molecular weight is 244 g/mol. The van der Waals surface area contributed by atoms with E-state index in [-0.39, 0.29) is 0 Å². The second-order valence-corrected chi connectivity index (χ2v) is 4.07. The number of rotatable bonds is 0. The number of aliphatic hydroxyl groups excluding tert-OH is 1. The van der Waals surface area contributed by atoms with Crippen molar-refractivity contribution < 1.29 is 14.6 Å². The van der Waals surface area contributed by atoms with Crippen LogP contribution in [0.15, 0.2) is 0 Å². The van der Waals surface area contributed by atoms with Gasteiger partial charge >= 0.3 is 0 Å². The molecule has 0 amide bonds. The van der Waals surface area contributed by atoms with E-state index in [4.69, 9.17) is 14.6 Å². The van der Waals surface area contributed by atoms with Crippen LogP contribution in [0.5, 0.6) is 0 Å². The van der Waals surface area contributed by atoms with Gasteiger partial charge in [0.15, 0.2) is 0 Å². The Kier molecular flexibility index (Phi) is 2.31. The highest BCUT2D eigenvalue weighted by atomic mass is 127. The maximum absolute atomic E-state index is 8.89. The molecule has 1 heterocycles. The van der Waals surface area contributed by atoms with Crippen molar-refractivity contribution in [2.45, 2.75) is 16.8 Å². The van der Waals surface area contributed by atoms with Gasteiger partial charge < -0.3 is 14.6 Å². The highest BCUT2D eigenvalue weighted by molar-refractivity contribution is 14.1. The van der Waals surface area contributed by atoms with Crippen molar-refractivity contribution in [3.63, 3.8) is 0 Å². The van der Waals surface area contributed by atoms with Crippen LogP contribution in [0, 0.1) is 0 Å². The van der Waals surface area contributed by atoms with Gasteiger partial charge in [0.1, 0.15) is 6.10 Å². The number of aliphatic hydroxyl groups is 1. The molecule has 9 heavy (non-hydrogen) atoms. The van der Waals surface area contributed by atoms with Crippen LogP contribution in [-0.2, 0) is 9.47 Å². The predicted molar refractivity (Wildman–Crippen MR) is 40.3 cm³/mol. The number of alkyl halides is 1. The first kappa shape index (κ1) is 7.71. The van der Waals surface area contributed by atoms with E-state index in [0.717, 1.165) is 0 Å². The Morgan fingerprint density at radius 1 is 1.56 bits per heavy atom. The Bertz CT molecular complexity index is 94.4. The summed E-state index contributed by atoms with van der Waals surface area (Å²) in [5.41, 5.74) is 0. The Morgan fingerprint density at radius 3 is 2.33 bits per heavy atom. The highest BCUT2D eigenvalue weighted by Crippen LogP contribution is 2.24. The minimum Gasteiger partial charge on any atom is -0.388 e. The summed E-state index contributed by atoms with van der Waals surface area (Å²) in [6.45, 7) is 2.57. The minimum absolute atomic E-state index is 0.374. The summed E-state index contributed by atoms with van der Waals surface area (Å²) >= 11 is 2.05. The zero-order valence-corrected chi connectivity index (χ0v) is 7.29. The first-order valence-corrected chi connectivity index (χ1v) is 3.83. The molecule has 0 spiro atoms. The molecule has 0 bridgehead atoms. The van der Waals surface area contributed by atoms with Gasteiger partial charge in [0, 0.05) is 0 Å². The molecule has 0 radical (unpaired) electrons. The van der Waals surface area contributed by atoms with Crippen molar-refractivity contribution >= 4 is 22.6 Å². The molecule has 0 aliphatic carbocycles. The van der Waals surface area contributed by atoms with Crippen LogP contribution in [0.1, 0.15) is 6.92 Å². The number of hydrogen-bond acceptors (Lipinski definition) is 3. The van der Waals surface area contributed by atoms with Crippen molar-refractivity contribution in [3.05, 3.63) is 0 Å². The summed E-state index contributed by atoms with van der Waals surface area (Å²) in [7, 11) is 0. The summed E-state index contributed by atoms with van der Waals surface area (Å²) in [6.07, 6.45) is -0.451. The predicted octanol–water partition coefficient (Wildman–Crippen LogP) is 0.503. The molecule has 0 aromatic heterocycles. The van der Waals surface area contributed by atoms with Gasteiger partial charge in [-0.25, -0.2) is 0 Å². The van der Waals surface area contributed by atoms with E-state index in [0.29, 0.717) is 13.2 Å². The summed E-state index contributed by atoms with van der Waals surface area (Å²) in [6, 6.07) is 0. The van der Waals surface area contributed by atoms with Crippen LogP contribution in [0.25, 0.3) is 0 Å². The summed E-state index contributed by atoms with van der Waals surface area (Å²) in [4.78, 5) is 0. The highest BCUT2D eigenvalue weighted by Gasteiger charge is 2.28. The maximum atomic E-state index is 8.89. The molecule has 0 saturated carbocycles. The molecule has 0 atom stereocenters. The Morgan fingerprint density at radius 2 is 2.00 bits per heavy atom. The molecule has 1 aliphatic rings. The summed E-state index contributed by atoms with van der Waals surface area (Å²) < 4.78 is 9.65. The molecule has 54 valence electrons. The van der Waals surface area contributed by atoms with Crippen LogP contribution in [-0.4, -0.2) is 28.2 Å². The molecular formula is C5H9IO3. The summed E-state index contributed by atoms with van der Waals surface area (Å²) in [5, 5.41) is 8.89. The number of ether oxygens (including phenoxy) is 2. The smallest absolute Gasteiger partial charge is 0.218 e. The van der Waals surface area contributed by atoms with E-state index in [2.05, 4.69) is 0 Å². The number of halogens is 1. The van der Waals surface area contributed by atoms with Gasteiger partial charge in [-0.2, -0.15) is 0 Å². The third kappa shape index (κ3) is 2.37. The Hall–Kier alpha value is 0.610. The standard InChI is InChI=1S/C5H9IO3/c1-5(6)8-2-4(7)3-9-5/h4,7H,2-3H2,1H3. The maximum Gasteiger partial charge on any atom is 0.218 e. The van der Waals surface area contributed by atoms with E-state index < -0.39 is 9.90 Å². The first-order valence-electron chi connectivity index (χ1n) is 2.75. The molecule has 0 aromatic carbocycles. The van der Waals surface area contributed by atoms with Gasteiger partial charge in [0.25, 0.3) is 0 Å². The monoisotopic (exact) mass is 244 g/mol. The van der Waals surface area contributed by atoms with Crippen LogP contribution in [0.3, 0.4) is 0 Å². The SMILES string of the molecule is CC1(I)OCC(O)CO1. The molecule has 1 N–H and O–H groups in total. The lowest BCUT2D eigenvalue weighted by Gasteiger charge is -2.30. The Labute approximate surface area is 67.5 Å². The van der Waals surface area contributed by atoms with E-state index >= 15 is 0 Å². The quantitative estimate of drug-likeness (QED) is 0.498. The molecule has 1 fully saturated rings. The minimum atomic E-state index is -0.531. The third-order valence-electron chi connectivity index (χ3n) is 1.07. The third-order valence-corrected chi connectivity index (χ3v) is 1.69. The lowest BCUT2D eigenvalue weighted by molar-refractivity contribution is -0.218. The van der Waals surface area contributed by atoms with Gasteiger partial charge in [-0.1, -0.05) is 0 Å². The fourth-order valence-corrected chi connectivity index (χ4v) is 0.939. The van der Waals surface area contributed by atoms with E-state index in [1.54, 1.807) is 0 Å². The van der Waals surface area contributed by atoms with Crippen molar-refractivity contribution in [2.75, 3.05) is 13.2 Å². The zero-order chi connectivity index (χ0) is 6.91. The van der Waals surface area contributed by atoms with E-state index in [9.17, 15) is 0 Å². The first-order chi connectivity index (χ1) is 4.10. The van der Waals surface area contributed by atoms with Gasteiger partial charge in [-0.3, -0.25) is 0 Å². The normalized spacial score (nSPS) is 45.0. The molecule has 0 unspecified atom stereocenters. The van der Waals surface area contributed by atoms with E-state index in [1.165, 1.54) is 0 Å². The number of hydrogen-bond donors (Lipinski definition) is 1. The fourth-order valence-electron chi connectivity index (χ4n) is 0.580. The average Bonchev–Trinajstić information content (AvgIpc) is 1.78. The second kappa shape index (κ2) is 2.69. The van der Waals surface area contributed by atoms with Gasteiger partial charge in [-0.05, 0) is 29.5 Å².